The second kappa shape index (κ2) is 9.32. The van der Waals surface area contributed by atoms with Gasteiger partial charge in [-0.2, -0.15) is 5.10 Å². The minimum Gasteiger partial charge on any atom is -0.381 e. The summed E-state index contributed by atoms with van der Waals surface area (Å²) in [5.41, 5.74) is 6.21. The maximum absolute atomic E-state index is 13.6. The molecule has 1 aromatic heterocycles. The standard InChI is InChI=1S/C29H27ClN4O3/c1-2-34-24(9-13-31-34)27(35)33-26(21-17-19-4-3-5-23(30)25(19)21)28(36)32-20-6-7-22-18(16-20)8-10-29(22)11-14-37-15-12-29/h3-10,13,16H,2,11-12,14-15,17H2,1H3,(H,32,36)(H,33,35). The molecule has 0 unspecified atom stereocenters. The number of halogens is 1. The Morgan fingerprint density at radius 3 is 2.78 bits per heavy atom. The number of aryl methyl sites for hydroxylation is 1. The fourth-order valence-corrected chi connectivity index (χ4v) is 5.91. The van der Waals surface area contributed by atoms with Crippen LogP contribution in [-0.2, 0) is 27.9 Å². The smallest absolute Gasteiger partial charge is 0.274 e. The van der Waals surface area contributed by atoms with Crippen LogP contribution in [0.5, 0.6) is 0 Å². The molecule has 2 N–H and O–H groups in total. The molecule has 188 valence electrons. The number of carbonyl (C=O) groups is 2. The van der Waals surface area contributed by atoms with Gasteiger partial charge < -0.3 is 15.4 Å². The average Bonchev–Trinajstić information content (AvgIpc) is 3.50. The van der Waals surface area contributed by atoms with E-state index in [-0.39, 0.29) is 17.0 Å². The van der Waals surface area contributed by atoms with Gasteiger partial charge in [0.15, 0.2) is 0 Å². The summed E-state index contributed by atoms with van der Waals surface area (Å²) >= 11 is 6.48. The van der Waals surface area contributed by atoms with Gasteiger partial charge in [-0.3, -0.25) is 14.3 Å². The lowest BCUT2D eigenvalue weighted by Gasteiger charge is -2.33. The molecule has 1 aliphatic heterocycles. The van der Waals surface area contributed by atoms with Crippen molar-refractivity contribution >= 4 is 40.8 Å². The predicted molar refractivity (Wildman–Crippen MR) is 143 cm³/mol. The number of nitrogens with zero attached hydrogens (tertiary/aromatic N) is 2. The fraction of sp³-hybridized carbons (Fsp3) is 0.276. The van der Waals surface area contributed by atoms with E-state index in [4.69, 9.17) is 16.3 Å². The number of allylic oxidation sites excluding steroid dienone is 2. The van der Waals surface area contributed by atoms with Gasteiger partial charge in [0.1, 0.15) is 11.4 Å². The second-order valence-corrected chi connectivity index (χ2v) is 10.1. The van der Waals surface area contributed by atoms with Crippen molar-refractivity contribution in [3.8, 4) is 0 Å². The van der Waals surface area contributed by atoms with Crippen molar-refractivity contribution in [2.45, 2.75) is 38.1 Å². The quantitative estimate of drug-likeness (QED) is 0.471. The monoisotopic (exact) mass is 514 g/mol. The summed E-state index contributed by atoms with van der Waals surface area (Å²) in [6.07, 6.45) is 8.43. The van der Waals surface area contributed by atoms with Gasteiger partial charge in [-0.1, -0.05) is 42.0 Å². The molecule has 0 saturated carbocycles. The third kappa shape index (κ3) is 4.08. The third-order valence-electron chi connectivity index (χ3n) is 7.60. The minimum atomic E-state index is -0.393. The first kappa shape index (κ1) is 23.7. The first-order chi connectivity index (χ1) is 18.0. The highest BCUT2D eigenvalue weighted by molar-refractivity contribution is 6.33. The van der Waals surface area contributed by atoms with Crippen molar-refractivity contribution in [3.63, 3.8) is 0 Å². The van der Waals surface area contributed by atoms with E-state index >= 15 is 0 Å². The van der Waals surface area contributed by atoms with Crippen LogP contribution >= 0.6 is 11.6 Å². The number of nitrogens with one attached hydrogen (secondary N) is 2. The zero-order valence-electron chi connectivity index (χ0n) is 20.5. The average molecular weight is 515 g/mol. The Morgan fingerprint density at radius 2 is 2.00 bits per heavy atom. The number of carbonyl (C=O) groups excluding carboxylic acids is 2. The molecule has 1 fully saturated rings. The molecule has 2 aromatic carbocycles. The number of anilines is 1. The van der Waals surface area contributed by atoms with Gasteiger partial charge in [-0.25, -0.2) is 0 Å². The summed E-state index contributed by atoms with van der Waals surface area (Å²) in [6.45, 7) is 3.95. The van der Waals surface area contributed by atoms with Gasteiger partial charge >= 0.3 is 0 Å². The van der Waals surface area contributed by atoms with Gasteiger partial charge in [0, 0.05) is 54.1 Å². The van der Waals surface area contributed by atoms with Crippen LogP contribution in [0.3, 0.4) is 0 Å². The first-order valence-corrected chi connectivity index (χ1v) is 12.9. The molecule has 2 heterocycles. The summed E-state index contributed by atoms with van der Waals surface area (Å²) in [4.78, 5) is 26.8. The number of ether oxygens (including phenoxy) is 1. The number of hydrogen-bond acceptors (Lipinski definition) is 4. The van der Waals surface area contributed by atoms with E-state index < -0.39 is 5.91 Å². The summed E-state index contributed by atoms with van der Waals surface area (Å²) in [7, 11) is 0. The van der Waals surface area contributed by atoms with Crippen LogP contribution in [0.4, 0.5) is 5.69 Å². The van der Waals surface area contributed by atoms with E-state index in [0.29, 0.717) is 29.4 Å². The highest BCUT2D eigenvalue weighted by Crippen LogP contribution is 2.44. The van der Waals surface area contributed by atoms with Gasteiger partial charge in [-0.05, 0) is 66.3 Å². The van der Waals surface area contributed by atoms with E-state index in [9.17, 15) is 9.59 Å². The van der Waals surface area contributed by atoms with Crippen LogP contribution < -0.4 is 10.6 Å². The van der Waals surface area contributed by atoms with Crippen molar-refractivity contribution in [3.05, 3.63) is 93.4 Å². The molecule has 0 atom stereocenters. The summed E-state index contributed by atoms with van der Waals surface area (Å²) in [5.74, 6) is -0.782. The molecule has 3 aliphatic rings. The molecule has 2 aliphatic carbocycles. The maximum Gasteiger partial charge on any atom is 0.274 e. The zero-order valence-corrected chi connectivity index (χ0v) is 21.3. The largest absolute Gasteiger partial charge is 0.381 e. The lowest BCUT2D eigenvalue weighted by molar-refractivity contribution is -0.113. The van der Waals surface area contributed by atoms with E-state index in [1.807, 2.05) is 31.2 Å². The van der Waals surface area contributed by atoms with Crippen LogP contribution in [0.25, 0.3) is 11.6 Å². The van der Waals surface area contributed by atoms with Crippen LogP contribution in [0, 0.1) is 0 Å². The van der Waals surface area contributed by atoms with E-state index in [1.54, 1.807) is 23.0 Å². The molecule has 0 bridgehead atoms. The SMILES string of the molecule is CCn1nccc1C(=O)NC(C(=O)Nc1ccc2c(c1)C=CC21CCOCC1)=C1Cc2cccc(Cl)c21. The third-order valence-corrected chi connectivity index (χ3v) is 7.91. The number of benzene rings is 2. The van der Waals surface area contributed by atoms with Crippen molar-refractivity contribution in [2.24, 2.45) is 0 Å². The topological polar surface area (TPSA) is 85.2 Å². The van der Waals surface area contributed by atoms with Gasteiger partial charge in [-0.15, -0.1) is 0 Å². The Bertz CT molecular complexity index is 1470. The molecule has 0 radical (unpaired) electrons. The Labute approximate surface area is 220 Å². The van der Waals surface area contributed by atoms with Crippen LogP contribution in [-0.4, -0.2) is 34.8 Å². The zero-order chi connectivity index (χ0) is 25.6. The molecule has 37 heavy (non-hydrogen) atoms. The Balaban J connectivity index is 1.31. The minimum absolute atomic E-state index is 0.0197. The van der Waals surface area contributed by atoms with Crippen molar-refractivity contribution in [2.75, 3.05) is 18.5 Å². The molecule has 8 heteroatoms. The van der Waals surface area contributed by atoms with Crippen molar-refractivity contribution < 1.29 is 14.3 Å². The molecular weight excluding hydrogens is 488 g/mol. The molecule has 6 rings (SSSR count). The Morgan fingerprint density at radius 1 is 1.16 bits per heavy atom. The Kier molecular flexibility index (Phi) is 5.97. The normalized spacial score (nSPS) is 18.1. The summed E-state index contributed by atoms with van der Waals surface area (Å²) < 4.78 is 7.17. The first-order valence-electron chi connectivity index (χ1n) is 12.6. The lowest BCUT2D eigenvalue weighted by Crippen LogP contribution is -2.35. The molecule has 1 saturated heterocycles. The summed E-state index contributed by atoms with van der Waals surface area (Å²) in [5, 5.41) is 10.6. The predicted octanol–water partition coefficient (Wildman–Crippen LogP) is 4.97. The summed E-state index contributed by atoms with van der Waals surface area (Å²) in [6, 6.07) is 13.3. The van der Waals surface area contributed by atoms with E-state index in [0.717, 1.165) is 48.3 Å². The highest BCUT2D eigenvalue weighted by Gasteiger charge is 2.37. The van der Waals surface area contributed by atoms with Crippen LogP contribution in [0.15, 0.2) is 60.4 Å². The van der Waals surface area contributed by atoms with Crippen LogP contribution in [0.2, 0.25) is 5.02 Å². The number of rotatable bonds is 5. The number of aromatic nitrogens is 2. The Hall–Kier alpha value is -3.68. The maximum atomic E-state index is 13.6. The number of fused-ring (bicyclic) bond motifs is 3. The molecule has 1 spiro atoms. The van der Waals surface area contributed by atoms with Gasteiger partial charge in [0.25, 0.3) is 11.8 Å². The molecule has 7 nitrogen and oxygen atoms in total. The second-order valence-electron chi connectivity index (χ2n) is 9.65. The van der Waals surface area contributed by atoms with Gasteiger partial charge in [0.05, 0.1) is 0 Å². The van der Waals surface area contributed by atoms with Crippen molar-refractivity contribution in [1.29, 1.82) is 0 Å². The number of amides is 2. The van der Waals surface area contributed by atoms with E-state index in [2.05, 4.69) is 34.0 Å². The molecule has 3 aromatic rings. The van der Waals surface area contributed by atoms with Crippen LogP contribution in [0.1, 0.15) is 52.5 Å². The highest BCUT2D eigenvalue weighted by atomic mass is 35.5. The molecular formula is C29H27ClN4O3. The van der Waals surface area contributed by atoms with E-state index in [1.165, 1.54) is 5.56 Å². The lowest BCUT2D eigenvalue weighted by atomic mass is 9.76. The van der Waals surface area contributed by atoms with Gasteiger partial charge in [0.2, 0.25) is 0 Å². The number of hydrogen-bond donors (Lipinski definition) is 2. The van der Waals surface area contributed by atoms with Crippen molar-refractivity contribution in [1.82, 2.24) is 15.1 Å². The fourth-order valence-electron chi connectivity index (χ4n) is 5.60. The molecule has 2 amide bonds.